The van der Waals surface area contributed by atoms with Crippen LogP contribution < -0.4 is 9.30 Å². The Hall–Kier alpha value is -2.06. The van der Waals surface area contributed by atoms with Crippen molar-refractivity contribution in [1.82, 2.24) is 0 Å². The van der Waals surface area contributed by atoms with Crippen LogP contribution in [0.1, 0.15) is 5.56 Å². The van der Waals surface area contributed by atoms with Gasteiger partial charge in [0, 0.05) is 16.5 Å². The molecule has 3 aromatic rings. The molecule has 0 aliphatic rings. The van der Waals surface area contributed by atoms with Crippen LogP contribution >= 0.6 is 11.6 Å². The SMILES string of the molecule is COc1ccc(Cl)cc1C[n+]1ccc2ccccc2c1. The summed E-state index contributed by atoms with van der Waals surface area (Å²) in [6.07, 6.45) is 4.21. The molecule has 20 heavy (non-hydrogen) atoms. The molecule has 0 N–H and O–H groups in total. The summed E-state index contributed by atoms with van der Waals surface area (Å²) >= 11 is 6.07. The van der Waals surface area contributed by atoms with E-state index < -0.39 is 0 Å². The van der Waals surface area contributed by atoms with Crippen LogP contribution in [0.5, 0.6) is 5.75 Å². The molecule has 0 saturated heterocycles. The standard InChI is InChI=1S/C17H15ClNO/c1-20-17-7-6-16(18)10-15(17)12-19-9-8-13-4-2-3-5-14(13)11-19/h2-11H,12H2,1H3/q+1. The molecule has 1 heterocycles. The van der Waals surface area contributed by atoms with Crippen LogP contribution in [-0.4, -0.2) is 7.11 Å². The minimum atomic E-state index is 0.724. The average Bonchev–Trinajstić information content (AvgIpc) is 2.47. The van der Waals surface area contributed by atoms with E-state index in [4.69, 9.17) is 16.3 Å². The number of aromatic nitrogens is 1. The van der Waals surface area contributed by atoms with Gasteiger partial charge in [-0.05, 0) is 29.7 Å². The maximum Gasteiger partial charge on any atom is 0.177 e. The highest BCUT2D eigenvalue weighted by molar-refractivity contribution is 6.30. The molecule has 0 bridgehead atoms. The molecule has 0 atom stereocenters. The number of ether oxygens (including phenoxy) is 1. The molecule has 0 saturated carbocycles. The Morgan fingerprint density at radius 2 is 1.85 bits per heavy atom. The summed E-state index contributed by atoms with van der Waals surface area (Å²) in [4.78, 5) is 0. The number of halogens is 1. The van der Waals surface area contributed by atoms with E-state index in [2.05, 4.69) is 35.2 Å². The number of rotatable bonds is 3. The molecule has 100 valence electrons. The summed E-state index contributed by atoms with van der Waals surface area (Å²) in [5.41, 5.74) is 1.07. The number of nitrogens with zero attached hydrogens (tertiary/aromatic N) is 1. The van der Waals surface area contributed by atoms with Gasteiger partial charge in [0.25, 0.3) is 0 Å². The van der Waals surface area contributed by atoms with Crippen molar-refractivity contribution < 1.29 is 9.30 Å². The van der Waals surface area contributed by atoms with E-state index in [0.29, 0.717) is 0 Å². The second-order valence-corrected chi connectivity index (χ2v) is 5.14. The van der Waals surface area contributed by atoms with Crippen LogP contribution in [0.4, 0.5) is 0 Å². The van der Waals surface area contributed by atoms with E-state index in [1.54, 1.807) is 7.11 Å². The third-order valence-electron chi connectivity index (χ3n) is 3.34. The predicted octanol–water partition coefficient (Wildman–Crippen LogP) is 3.84. The van der Waals surface area contributed by atoms with Gasteiger partial charge in [-0.3, -0.25) is 0 Å². The number of hydrogen-bond acceptors (Lipinski definition) is 1. The van der Waals surface area contributed by atoms with Gasteiger partial charge < -0.3 is 4.74 Å². The Labute approximate surface area is 123 Å². The third kappa shape index (κ3) is 2.61. The molecule has 3 rings (SSSR count). The molecule has 3 heteroatoms. The van der Waals surface area contributed by atoms with E-state index >= 15 is 0 Å². The summed E-state index contributed by atoms with van der Waals surface area (Å²) in [5.74, 6) is 0.857. The lowest BCUT2D eigenvalue weighted by molar-refractivity contribution is -0.687. The van der Waals surface area contributed by atoms with Crippen molar-refractivity contribution in [3.05, 3.63) is 71.5 Å². The largest absolute Gasteiger partial charge is 0.496 e. The van der Waals surface area contributed by atoms with Crippen molar-refractivity contribution in [2.45, 2.75) is 6.54 Å². The number of pyridine rings is 1. The lowest BCUT2D eigenvalue weighted by Crippen LogP contribution is -2.33. The Bertz CT molecular complexity index is 755. The van der Waals surface area contributed by atoms with Gasteiger partial charge >= 0.3 is 0 Å². The maximum absolute atomic E-state index is 6.07. The van der Waals surface area contributed by atoms with Gasteiger partial charge in [0.15, 0.2) is 18.9 Å². The fraction of sp³-hybridized carbons (Fsp3) is 0.118. The van der Waals surface area contributed by atoms with Crippen LogP contribution in [0.25, 0.3) is 10.8 Å². The molecule has 2 nitrogen and oxygen atoms in total. The third-order valence-corrected chi connectivity index (χ3v) is 3.58. The van der Waals surface area contributed by atoms with Crippen molar-refractivity contribution in [2.24, 2.45) is 0 Å². The van der Waals surface area contributed by atoms with E-state index in [1.165, 1.54) is 10.8 Å². The van der Waals surface area contributed by atoms with Gasteiger partial charge in [0.05, 0.1) is 12.7 Å². The summed E-state index contributed by atoms with van der Waals surface area (Å²) in [7, 11) is 1.68. The van der Waals surface area contributed by atoms with Gasteiger partial charge in [0.1, 0.15) is 5.75 Å². The molecule has 0 aliphatic heterocycles. The highest BCUT2D eigenvalue weighted by atomic mass is 35.5. The van der Waals surface area contributed by atoms with Gasteiger partial charge in [-0.1, -0.05) is 29.8 Å². The minimum Gasteiger partial charge on any atom is -0.496 e. The molecular weight excluding hydrogens is 270 g/mol. The van der Waals surface area contributed by atoms with Crippen LogP contribution in [-0.2, 0) is 6.54 Å². The Morgan fingerprint density at radius 1 is 1.05 bits per heavy atom. The molecule has 0 amide bonds. The normalized spacial score (nSPS) is 10.7. The highest BCUT2D eigenvalue weighted by Gasteiger charge is 2.10. The lowest BCUT2D eigenvalue weighted by atomic mass is 10.1. The van der Waals surface area contributed by atoms with Crippen LogP contribution in [0, 0.1) is 0 Å². The van der Waals surface area contributed by atoms with Crippen LogP contribution in [0.15, 0.2) is 60.9 Å². The Kier molecular flexibility index (Phi) is 3.57. The average molecular weight is 285 g/mol. The summed E-state index contributed by atoms with van der Waals surface area (Å²) in [6, 6.07) is 16.1. The van der Waals surface area contributed by atoms with Crippen molar-refractivity contribution in [3.63, 3.8) is 0 Å². The van der Waals surface area contributed by atoms with Crippen molar-refractivity contribution >= 4 is 22.4 Å². The van der Waals surface area contributed by atoms with Gasteiger partial charge in [-0.15, -0.1) is 0 Å². The number of benzene rings is 2. The monoisotopic (exact) mass is 284 g/mol. The predicted molar refractivity (Wildman–Crippen MR) is 81.2 cm³/mol. The first-order chi connectivity index (χ1) is 9.76. The number of hydrogen-bond donors (Lipinski definition) is 0. The first-order valence-electron chi connectivity index (χ1n) is 6.46. The quantitative estimate of drug-likeness (QED) is 0.666. The molecule has 2 aromatic carbocycles. The first kappa shape index (κ1) is 12.9. The van der Waals surface area contributed by atoms with Crippen molar-refractivity contribution in [1.29, 1.82) is 0 Å². The fourth-order valence-corrected chi connectivity index (χ4v) is 2.54. The van der Waals surface area contributed by atoms with Gasteiger partial charge in [-0.25, -0.2) is 4.57 Å². The second-order valence-electron chi connectivity index (χ2n) is 4.70. The minimum absolute atomic E-state index is 0.724. The summed E-state index contributed by atoms with van der Waals surface area (Å²) < 4.78 is 7.52. The smallest absolute Gasteiger partial charge is 0.177 e. The maximum atomic E-state index is 6.07. The van der Waals surface area contributed by atoms with E-state index in [-0.39, 0.29) is 0 Å². The molecule has 0 aliphatic carbocycles. The number of methoxy groups -OCH3 is 1. The zero-order valence-corrected chi connectivity index (χ0v) is 12.0. The zero-order valence-electron chi connectivity index (χ0n) is 11.2. The fourth-order valence-electron chi connectivity index (χ4n) is 2.34. The topological polar surface area (TPSA) is 13.1 Å². The molecule has 0 radical (unpaired) electrons. The van der Waals surface area contributed by atoms with E-state index in [9.17, 15) is 0 Å². The number of fused-ring (bicyclic) bond motifs is 1. The van der Waals surface area contributed by atoms with Crippen LogP contribution in [0.2, 0.25) is 5.02 Å². The molecular formula is C17H15ClNO+. The summed E-state index contributed by atoms with van der Waals surface area (Å²) in [5, 5.41) is 3.18. The molecule has 0 unspecified atom stereocenters. The first-order valence-corrected chi connectivity index (χ1v) is 6.84. The molecule has 1 aromatic heterocycles. The van der Waals surface area contributed by atoms with E-state index in [1.807, 2.05) is 30.3 Å². The van der Waals surface area contributed by atoms with Gasteiger partial charge in [-0.2, -0.15) is 0 Å². The Morgan fingerprint density at radius 3 is 2.65 bits per heavy atom. The zero-order chi connectivity index (χ0) is 13.9. The molecule has 0 fully saturated rings. The summed E-state index contributed by atoms with van der Waals surface area (Å²) in [6.45, 7) is 0.731. The van der Waals surface area contributed by atoms with E-state index in [0.717, 1.165) is 22.9 Å². The highest BCUT2D eigenvalue weighted by Crippen LogP contribution is 2.22. The van der Waals surface area contributed by atoms with Crippen molar-refractivity contribution in [3.8, 4) is 5.75 Å². The van der Waals surface area contributed by atoms with Crippen molar-refractivity contribution in [2.75, 3.05) is 7.11 Å². The van der Waals surface area contributed by atoms with Crippen LogP contribution in [0.3, 0.4) is 0 Å². The second kappa shape index (κ2) is 5.51. The van der Waals surface area contributed by atoms with Gasteiger partial charge in [0.2, 0.25) is 0 Å². The molecule has 0 spiro atoms. The lowest BCUT2D eigenvalue weighted by Gasteiger charge is -2.06. The Balaban J connectivity index is 1.98.